The highest BCUT2D eigenvalue weighted by Gasteiger charge is 2.35. The van der Waals surface area contributed by atoms with Crippen LogP contribution in [0.5, 0.6) is 0 Å². The molecule has 0 spiro atoms. The first-order chi connectivity index (χ1) is 12.1. The molecule has 25 heavy (non-hydrogen) atoms. The van der Waals surface area contributed by atoms with Gasteiger partial charge in [-0.15, -0.1) is 0 Å². The third-order valence-electron chi connectivity index (χ3n) is 5.70. The van der Waals surface area contributed by atoms with Crippen molar-refractivity contribution in [2.45, 2.75) is 76.3 Å². The monoisotopic (exact) mass is 346 g/mol. The molecule has 2 fully saturated rings. The lowest BCUT2D eigenvalue weighted by atomic mass is 9.87. The summed E-state index contributed by atoms with van der Waals surface area (Å²) in [5.74, 6) is 0. The molecule has 4 nitrogen and oxygen atoms in total. The maximum Gasteiger partial charge on any atom is 0.0565 e. The minimum absolute atomic E-state index is 0.109. The van der Waals surface area contributed by atoms with Crippen LogP contribution >= 0.6 is 0 Å². The molecule has 2 N–H and O–H groups in total. The van der Waals surface area contributed by atoms with Gasteiger partial charge < -0.3 is 20.1 Å². The van der Waals surface area contributed by atoms with E-state index in [9.17, 15) is 0 Å². The van der Waals surface area contributed by atoms with Crippen LogP contribution in [0.1, 0.15) is 58.1 Å². The van der Waals surface area contributed by atoms with Crippen molar-refractivity contribution in [2.24, 2.45) is 0 Å². The maximum atomic E-state index is 5.88. The number of hydrogen-bond donors (Lipinski definition) is 2. The van der Waals surface area contributed by atoms with Crippen molar-refractivity contribution in [2.75, 3.05) is 19.8 Å². The Morgan fingerprint density at radius 2 is 1.72 bits per heavy atom. The molecule has 0 saturated carbocycles. The van der Waals surface area contributed by atoms with Crippen molar-refractivity contribution in [3.05, 3.63) is 35.9 Å². The van der Waals surface area contributed by atoms with E-state index in [1.807, 2.05) is 0 Å². The number of hydrogen-bond acceptors (Lipinski definition) is 4. The summed E-state index contributed by atoms with van der Waals surface area (Å²) < 4.78 is 11.5. The molecular formula is C21H34N2O2. The quantitative estimate of drug-likeness (QED) is 0.828. The second-order valence-electron chi connectivity index (χ2n) is 7.98. The highest BCUT2D eigenvalue weighted by atomic mass is 16.5. The van der Waals surface area contributed by atoms with E-state index >= 15 is 0 Å². The van der Waals surface area contributed by atoms with Crippen LogP contribution < -0.4 is 10.6 Å². The van der Waals surface area contributed by atoms with Crippen LogP contribution in [0.15, 0.2) is 30.3 Å². The highest BCUT2D eigenvalue weighted by Crippen LogP contribution is 2.26. The smallest absolute Gasteiger partial charge is 0.0565 e. The van der Waals surface area contributed by atoms with Crippen molar-refractivity contribution < 1.29 is 9.47 Å². The van der Waals surface area contributed by atoms with E-state index in [2.05, 4.69) is 61.7 Å². The molecule has 1 aromatic carbocycles. The largest absolute Gasteiger partial charge is 0.381 e. The van der Waals surface area contributed by atoms with Crippen LogP contribution in [0.3, 0.4) is 0 Å². The lowest BCUT2D eigenvalue weighted by molar-refractivity contribution is -0.0445. The van der Waals surface area contributed by atoms with Gasteiger partial charge in [0, 0.05) is 37.4 Å². The summed E-state index contributed by atoms with van der Waals surface area (Å²) >= 11 is 0. The van der Waals surface area contributed by atoms with E-state index in [4.69, 9.17) is 9.47 Å². The van der Waals surface area contributed by atoms with E-state index in [-0.39, 0.29) is 5.54 Å². The number of nitrogens with one attached hydrogen (secondary N) is 2. The van der Waals surface area contributed by atoms with Gasteiger partial charge in [-0.2, -0.15) is 0 Å². The molecule has 2 heterocycles. The Hall–Kier alpha value is -0.940. The van der Waals surface area contributed by atoms with Gasteiger partial charge in [0.05, 0.1) is 12.2 Å². The molecule has 2 saturated heterocycles. The molecule has 140 valence electrons. The minimum Gasteiger partial charge on any atom is -0.381 e. The minimum atomic E-state index is 0.109. The predicted octanol–water partition coefficient (Wildman–Crippen LogP) is 3.43. The lowest BCUT2D eigenvalue weighted by Gasteiger charge is -2.42. The van der Waals surface area contributed by atoms with Gasteiger partial charge in [-0.1, -0.05) is 30.3 Å². The molecule has 2 aliphatic rings. The zero-order valence-corrected chi connectivity index (χ0v) is 16.0. The Morgan fingerprint density at radius 1 is 1.08 bits per heavy atom. The molecule has 3 rings (SSSR count). The Bertz CT molecular complexity index is 506. The summed E-state index contributed by atoms with van der Waals surface area (Å²) in [7, 11) is 0. The lowest BCUT2D eigenvalue weighted by Crippen LogP contribution is -2.58. The molecule has 3 unspecified atom stereocenters. The molecule has 2 aliphatic heterocycles. The fraction of sp³-hybridized carbons (Fsp3) is 0.714. The van der Waals surface area contributed by atoms with Crippen LogP contribution in [0.25, 0.3) is 0 Å². The van der Waals surface area contributed by atoms with E-state index in [1.54, 1.807) is 0 Å². The van der Waals surface area contributed by atoms with Crippen molar-refractivity contribution >= 4 is 0 Å². The van der Waals surface area contributed by atoms with Crippen molar-refractivity contribution in [1.29, 1.82) is 0 Å². The van der Waals surface area contributed by atoms with Gasteiger partial charge in [0.25, 0.3) is 0 Å². The summed E-state index contributed by atoms with van der Waals surface area (Å²) in [5, 5.41) is 7.79. The average Bonchev–Trinajstić information content (AvgIpc) is 2.61. The molecule has 0 aromatic heterocycles. The van der Waals surface area contributed by atoms with Gasteiger partial charge in [0.1, 0.15) is 0 Å². The Labute approximate surface area is 152 Å². The topological polar surface area (TPSA) is 42.5 Å². The van der Waals surface area contributed by atoms with Crippen LogP contribution in [-0.4, -0.2) is 43.5 Å². The van der Waals surface area contributed by atoms with E-state index in [0.29, 0.717) is 24.3 Å². The molecule has 0 bridgehead atoms. The second kappa shape index (κ2) is 8.63. The van der Waals surface area contributed by atoms with E-state index in [0.717, 1.165) is 45.4 Å². The predicted molar refractivity (Wildman–Crippen MR) is 102 cm³/mol. The normalized spacial score (nSPS) is 30.8. The molecular weight excluding hydrogens is 312 g/mol. The zero-order valence-electron chi connectivity index (χ0n) is 16.0. The van der Waals surface area contributed by atoms with Crippen LogP contribution in [0.2, 0.25) is 0 Å². The van der Waals surface area contributed by atoms with E-state index in [1.165, 1.54) is 5.56 Å². The third kappa shape index (κ3) is 5.27. The zero-order chi connectivity index (χ0) is 17.7. The summed E-state index contributed by atoms with van der Waals surface area (Å²) in [6.45, 7) is 9.32. The van der Waals surface area contributed by atoms with Gasteiger partial charge in [0.2, 0.25) is 0 Å². The van der Waals surface area contributed by atoms with Crippen molar-refractivity contribution in [3.8, 4) is 0 Å². The first kappa shape index (κ1) is 18.8. The molecule has 0 aliphatic carbocycles. The van der Waals surface area contributed by atoms with Gasteiger partial charge in [-0.3, -0.25) is 0 Å². The molecule has 0 radical (unpaired) electrons. The Morgan fingerprint density at radius 3 is 2.36 bits per heavy atom. The summed E-state index contributed by atoms with van der Waals surface area (Å²) in [4.78, 5) is 0. The fourth-order valence-corrected chi connectivity index (χ4v) is 4.33. The first-order valence-electron chi connectivity index (χ1n) is 9.85. The first-order valence-corrected chi connectivity index (χ1v) is 9.85. The van der Waals surface area contributed by atoms with Gasteiger partial charge in [-0.25, -0.2) is 0 Å². The maximum absolute atomic E-state index is 5.88. The molecule has 4 heteroatoms. The van der Waals surface area contributed by atoms with Gasteiger partial charge >= 0.3 is 0 Å². The summed E-state index contributed by atoms with van der Waals surface area (Å²) in [6, 6.07) is 11.6. The highest BCUT2D eigenvalue weighted by molar-refractivity contribution is 5.19. The van der Waals surface area contributed by atoms with Crippen LogP contribution in [0.4, 0.5) is 0 Å². The average molecular weight is 347 g/mol. The van der Waals surface area contributed by atoms with Crippen LogP contribution in [-0.2, 0) is 9.47 Å². The molecule has 0 amide bonds. The SMILES string of the molecule is CC1CC(NCC2(NC(C)c3ccccc3)CCOCC2)CC(C)O1. The standard InChI is InChI=1S/C21H34N2O2/c1-16-13-20(14-17(2)25-16)22-15-21(9-11-24-12-10-21)23-18(3)19-7-5-4-6-8-19/h4-8,16-18,20,22-23H,9-15H2,1-3H3. The number of ether oxygens (including phenoxy) is 2. The van der Waals surface area contributed by atoms with Gasteiger partial charge in [0.15, 0.2) is 0 Å². The molecule has 3 atom stereocenters. The second-order valence-corrected chi connectivity index (χ2v) is 7.98. The number of benzene rings is 1. The van der Waals surface area contributed by atoms with Crippen molar-refractivity contribution in [3.63, 3.8) is 0 Å². The Kier molecular flexibility index (Phi) is 6.50. The molecule has 1 aromatic rings. The third-order valence-corrected chi connectivity index (χ3v) is 5.70. The van der Waals surface area contributed by atoms with Crippen LogP contribution in [0, 0.1) is 0 Å². The fourth-order valence-electron chi connectivity index (χ4n) is 4.33. The van der Waals surface area contributed by atoms with Gasteiger partial charge in [-0.05, 0) is 52.0 Å². The van der Waals surface area contributed by atoms with Crippen molar-refractivity contribution in [1.82, 2.24) is 10.6 Å². The summed E-state index contributed by atoms with van der Waals surface area (Å²) in [5.41, 5.74) is 1.46. The summed E-state index contributed by atoms with van der Waals surface area (Å²) in [6.07, 6.45) is 5.03. The van der Waals surface area contributed by atoms with E-state index < -0.39 is 0 Å². The number of rotatable bonds is 6. The Balaban J connectivity index is 1.62.